The third-order valence-electron chi connectivity index (χ3n) is 4.19. The average molecular weight is 570 g/mol. The average Bonchev–Trinajstić information content (AvgIpc) is 2.77. The minimum absolute atomic E-state index is 0.302. The van der Waals surface area contributed by atoms with Gasteiger partial charge in [0.05, 0.1) is 20.7 Å². The first kappa shape index (κ1) is 25.1. The third-order valence-corrected chi connectivity index (χ3v) is 5.80. The van der Waals surface area contributed by atoms with Gasteiger partial charge < -0.3 is 10.1 Å². The van der Waals surface area contributed by atoms with Crippen LogP contribution in [0.15, 0.2) is 70.2 Å². The maximum Gasteiger partial charge on any atom is 0.249 e. The highest BCUT2D eigenvalue weighted by atomic mass is 79.9. The Morgan fingerprint density at radius 2 is 1.70 bits per heavy atom. The molecule has 10 heteroatoms. The number of carbonyl (C=O) groups is 2. The summed E-state index contributed by atoms with van der Waals surface area (Å²) in [7, 11) is 0. The van der Waals surface area contributed by atoms with Gasteiger partial charge in [-0.25, -0.2) is 5.43 Å². The Morgan fingerprint density at radius 1 is 0.939 bits per heavy atom. The predicted octanol–water partition coefficient (Wildman–Crippen LogP) is 6.47. The van der Waals surface area contributed by atoms with Crippen molar-refractivity contribution < 1.29 is 14.3 Å². The predicted molar refractivity (Wildman–Crippen MR) is 135 cm³/mol. The van der Waals surface area contributed by atoms with E-state index in [4.69, 9.17) is 39.5 Å². The molecule has 0 saturated heterocycles. The molecule has 0 aromatic heterocycles. The second kappa shape index (κ2) is 12.0. The van der Waals surface area contributed by atoms with Crippen LogP contribution in [0.2, 0.25) is 15.1 Å². The fraction of sp³-hybridized carbons (Fsp3) is 0.0870. The Bertz CT molecular complexity index is 1190. The largest absolute Gasteiger partial charge is 0.488 e. The Labute approximate surface area is 214 Å². The summed E-state index contributed by atoms with van der Waals surface area (Å²) in [5.74, 6) is -0.415. The lowest BCUT2D eigenvalue weighted by molar-refractivity contribution is -0.126. The lowest BCUT2D eigenvalue weighted by atomic mass is 10.2. The lowest BCUT2D eigenvalue weighted by Gasteiger charge is -2.09. The summed E-state index contributed by atoms with van der Waals surface area (Å²) in [4.78, 5) is 23.9. The molecule has 3 rings (SSSR count). The molecule has 0 atom stereocenters. The Morgan fingerprint density at radius 3 is 2.39 bits per heavy atom. The van der Waals surface area contributed by atoms with Gasteiger partial charge in [0.1, 0.15) is 18.8 Å². The summed E-state index contributed by atoms with van der Waals surface area (Å²) in [6.07, 6.45) is 1.06. The Hall–Kier alpha value is -2.58. The second-order valence-electron chi connectivity index (χ2n) is 6.75. The minimum Gasteiger partial charge on any atom is -0.488 e. The van der Waals surface area contributed by atoms with E-state index in [0.29, 0.717) is 33.1 Å². The monoisotopic (exact) mass is 567 g/mol. The smallest absolute Gasteiger partial charge is 0.249 e. The van der Waals surface area contributed by atoms with Gasteiger partial charge in [-0.3, -0.25) is 9.59 Å². The molecule has 33 heavy (non-hydrogen) atoms. The number of amides is 2. The topological polar surface area (TPSA) is 79.8 Å². The Kier molecular flexibility index (Phi) is 9.14. The zero-order valence-electron chi connectivity index (χ0n) is 16.9. The molecule has 0 aliphatic rings. The third kappa shape index (κ3) is 8.05. The summed E-state index contributed by atoms with van der Waals surface area (Å²) in [5.41, 5.74) is 4.47. The van der Waals surface area contributed by atoms with Gasteiger partial charge >= 0.3 is 0 Å². The number of benzene rings is 3. The molecule has 0 spiro atoms. The summed E-state index contributed by atoms with van der Waals surface area (Å²) in [5, 5.41) is 7.79. The number of halogens is 4. The van der Waals surface area contributed by atoms with Crippen molar-refractivity contribution in [2.75, 3.05) is 5.32 Å². The zero-order chi connectivity index (χ0) is 23.8. The van der Waals surface area contributed by atoms with Crippen LogP contribution in [0.3, 0.4) is 0 Å². The second-order valence-corrected chi connectivity index (χ2v) is 8.86. The number of carbonyl (C=O) groups excluding carboxylic acids is 2. The number of hydrazone groups is 1. The molecule has 0 unspecified atom stereocenters. The summed E-state index contributed by atoms with van der Waals surface area (Å²) < 4.78 is 6.53. The van der Waals surface area contributed by atoms with Gasteiger partial charge in [0.25, 0.3) is 0 Å². The number of rotatable bonds is 8. The maximum absolute atomic E-state index is 12.0. The first-order chi connectivity index (χ1) is 15.8. The van der Waals surface area contributed by atoms with Crippen LogP contribution in [0.25, 0.3) is 0 Å². The van der Waals surface area contributed by atoms with E-state index in [-0.39, 0.29) is 0 Å². The van der Waals surface area contributed by atoms with E-state index in [9.17, 15) is 9.59 Å². The van der Waals surface area contributed by atoms with Crippen LogP contribution in [0.4, 0.5) is 5.69 Å². The van der Waals surface area contributed by atoms with E-state index in [1.165, 1.54) is 12.3 Å². The molecule has 0 saturated carbocycles. The number of hydrogen-bond acceptors (Lipinski definition) is 4. The highest BCUT2D eigenvalue weighted by molar-refractivity contribution is 9.10. The standard InChI is InChI=1S/C23H17BrCl3N3O3/c24-18-9-15(3-8-21(18)33-13-14-1-4-16(25)5-2-14)12-28-30-23(32)11-22(31)29-17-6-7-19(26)20(27)10-17/h1-10,12H,11,13H2,(H,29,31)(H,30,32). The normalized spacial score (nSPS) is 10.8. The number of anilines is 1. The zero-order valence-corrected chi connectivity index (χ0v) is 20.8. The number of ether oxygens (including phenoxy) is 1. The van der Waals surface area contributed by atoms with Crippen LogP contribution in [0, 0.1) is 0 Å². The molecule has 0 aliphatic heterocycles. The lowest BCUT2D eigenvalue weighted by Crippen LogP contribution is -2.24. The molecule has 0 aliphatic carbocycles. The first-order valence-electron chi connectivity index (χ1n) is 9.54. The van der Waals surface area contributed by atoms with Crippen LogP contribution < -0.4 is 15.5 Å². The number of nitrogens with zero attached hydrogens (tertiary/aromatic N) is 1. The first-order valence-corrected chi connectivity index (χ1v) is 11.5. The van der Waals surface area contributed by atoms with Gasteiger partial charge in [-0.05, 0) is 75.6 Å². The molecule has 2 amide bonds. The van der Waals surface area contributed by atoms with E-state index < -0.39 is 18.2 Å². The summed E-state index contributed by atoms with van der Waals surface area (Å²) in [6, 6.07) is 17.4. The molecule has 170 valence electrons. The van der Waals surface area contributed by atoms with E-state index in [1.807, 2.05) is 12.1 Å². The molecule has 0 radical (unpaired) electrons. The van der Waals surface area contributed by atoms with Crippen molar-refractivity contribution in [3.8, 4) is 5.75 Å². The van der Waals surface area contributed by atoms with Crippen LogP contribution in [0.1, 0.15) is 17.5 Å². The summed E-state index contributed by atoms with van der Waals surface area (Å²) in [6.45, 7) is 0.392. The van der Waals surface area contributed by atoms with Crippen LogP contribution in [-0.4, -0.2) is 18.0 Å². The molecule has 0 fully saturated rings. The van der Waals surface area contributed by atoms with Crippen molar-refractivity contribution in [2.24, 2.45) is 5.10 Å². The van der Waals surface area contributed by atoms with Gasteiger partial charge in [-0.2, -0.15) is 5.10 Å². The van der Waals surface area contributed by atoms with Crippen molar-refractivity contribution in [2.45, 2.75) is 13.0 Å². The Balaban J connectivity index is 1.47. The van der Waals surface area contributed by atoms with E-state index in [1.54, 1.807) is 42.5 Å². The van der Waals surface area contributed by atoms with Crippen LogP contribution >= 0.6 is 50.7 Å². The van der Waals surface area contributed by atoms with Crippen molar-refractivity contribution in [3.63, 3.8) is 0 Å². The van der Waals surface area contributed by atoms with Gasteiger partial charge in [-0.1, -0.05) is 46.9 Å². The van der Waals surface area contributed by atoms with Crippen molar-refractivity contribution >= 4 is 74.4 Å². The van der Waals surface area contributed by atoms with Gasteiger partial charge in [0, 0.05) is 10.7 Å². The van der Waals surface area contributed by atoms with Crippen LogP contribution in [0.5, 0.6) is 5.75 Å². The van der Waals surface area contributed by atoms with E-state index in [0.717, 1.165) is 15.6 Å². The van der Waals surface area contributed by atoms with Crippen molar-refractivity contribution in [1.82, 2.24) is 5.43 Å². The molecule has 3 aromatic carbocycles. The SMILES string of the molecule is O=C(CC(=O)Nc1ccc(Cl)c(Cl)c1)NN=Cc1ccc(OCc2ccc(Cl)cc2)c(Br)c1. The maximum atomic E-state index is 12.0. The van der Waals surface area contributed by atoms with E-state index >= 15 is 0 Å². The number of hydrogen-bond donors (Lipinski definition) is 2. The highest BCUT2D eigenvalue weighted by Gasteiger charge is 2.10. The fourth-order valence-corrected chi connectivity index (χ4v) is 3.53. The fourth-order valence-electron chi connectivity index (χ4n) is 2.60. The van der Waals surface area contributed by atoms with Crippen molar-refractivity contribution in [3.05, 3.63) is 91.3 Å². The van der Waals surface area contributed by atoms with Gasteiger partial charge in [0.2, 0.25) is 11.8 Å². The van der Waals surface area contributed by atoms with Crippen LogP contribution in [-0.2, 0) is 16.2 Å². The molecular weight excluding hydrogens is 553 g/mol. The van der Waals surface area contributed by atoms with Crippen molar-refractivity contribution in [1.29, 1.82) is 0 Å². The minimum atomic E-state index is -0.564. The van der Waals surface area contributed by atoms with Gasteiger partial charge in [0.15, 0.2) is 0 Å². The molecule has 0 bridgehead atoms. The molecule has 6 nitrogen and oxygen atoms in total. The quantitative estimate of drug-likeness (QED) is 0.186. The molecular formula is C23H17BrCl3N3O3. The number of nitrogens with one attached hydrogen (secondary N) is 2. The molecule has 2 N–H and O–H groups in total. The van der Waals surface area contributed by atoms with E-state index in [2.05, 4.69) is 31.8 Å². The molecule has 0 heterocycles. The molecule has 3 aromatic rings. The summed E-state index contributed by atoms with van der Waals surface area (Å²) >= 11 is 21.1. The van der Waals surface area contributed by atoms with Gasteiger partial charge in [-0.15, -0.1) is 0 Å². The highest BCUT2D eigenvalue weighted by Crippen LogP contribution is 2.27.